The number of hydrogen-bond acceptors (Lipinski definition) is 4. The number of carbonyl (C=O) groups excluding carboxylic acids is 2. The quantitative estimate of drug-likeness (QED) is 0.657. The van der Waals surface area contributed by atoms with Crippen LogP contribution < -0.4 is 11.1 Å². The summed E-state index contributed by atoms with van der Waals surface area (Å²) in [4.78, 5) is 24.6. The van der Waals surface area contributed by atoms with Crippen LogP contribution in [0.1, 0.15) is 84.0 Å². The van der Waals surface area contributed by atoms with Crippen LogP contribution in [0.3, 0.4) is 0 Å². The van der Waals surface area contributed by atoms with Gasteiger partial charge in [0.15, 0.2) is 0 Å². The summed E-state index contributed by atoms with van der Waals surface area (Å²) in [5.74, 6) is -0.0366. The topological polar surface area (TPSA) is 81.4 Å². The van der Waals surface area contributed by atoms with E-state index < -0.39 is 0 Å². The summed E-state index contributed by atoms with van der Waals surface area (Å²) >= 11 is 0. The van der Waals surface area contributed by atoms with E-state index in [2.05, 4.69) is 5.32 Å². The fourth-order valence-corrected chi connectivity index (χ4v) is 4.68. The predicted octanol–water partition coefficient (Wildman–Crippen LogP) is 3.31. The number of esters is 1. The summed E-state index contributed by atoms with van der Waals surface area (Å²) in [6.07, 6.45) is 12.1. The molecule has 0 saturated heterocycles. The molecule has 2 aliphatic carbocycles. The Bertz CT molecular complexity index is 438. The van der Waals surface area contributed by atoms with Gasteiger partial charge in [-0.3, -0.25) is 9.59 Å². The fourth-order valence-electron chi connectivity index (χ4n) is 4.68. The third-order valence-electron chi connectivity index (χ3n) is 6.28. The first-order chi connectivity index (χ1) is 12.0. The Balaban J connectivity index is 1.90. The van der Waals surface area contributed by atoms with Crippen LogP contribution in [-0.4, -0.2) is 31.6 Å². The first-order valence-corrected chi connectivity index (χ1v) is 10.2. The van der Waals surface area contributed by atoms with Crippen LogP contribution in [0, 0.1) is 10.8 Å². The summed E-state index contributed by atoms with van der Waals surface area (Å²) in [6, 6.07) is 0. The van der Waals surface area contributed by atoms with Crippen molar-refractivity contribution in [3.05, 3.63) is 0 Å². The maximum Gasteiger partial charge on any atom is 0.306 e. The lowest BCUT2D eigenvalue weighted by atomic mass is 9.70. The Hall–Kier alpha value is -1.10. The Morgan fingerprint density at radius 2 is 1.48 bits per heavy atom. The third kappa shape index (κ3) is 5.98. The van der Waals surface area contributed by atoms with Gasteiger partial charge in [0.25, 0.3) is 0 Å². The molecule has 0 aromatic heterocycles. The van der Waals surface area contributed by atoms with Crippen molar-refractivity contribution in [2.75, 3.05) is 19.7 Å². The first kappa shape index (κ1) is 20.2. The van der Waals surface area contributed by atoms with Gasteiger partial charge in [0, 0.05) is 13.0 Å². The van der Waals surface area contributed by atoms with Gasteiger partial charge in [0.1, 0.15) is 0 Å². The summed E-state index contributed by atoms with van der Waals surface area (Å²) in [6.45, 7) is 3.43. The highest BCUT2D eigenvalue weighted by molar-refractivity contribution is 5.77. The number of nitrogens with one attached hydrogen (secondary N) is 1. The molecule has 0 heterocycles. The van der Waals surface area contributed by atoms with Crippen molar-refractivity contribution in [1.29, 1.82) is 0 Å². The highest BCUT2D eigenvalue weighted by atomic mass is 16.5. The van der Waals surface area contributed by atoms with Gasteiger partial charge < -0.3 is 15.8 Å². The van der Waals surface area contributed by atoms with Crippen LogP contribution >= 0.6 is 0 Å². The number of nitrogens with two attached hydrogens (primary N) is 1. The molecule has 2 saturated carbocycles. The molecule has 0 unspecified atom stereocenters. The zero-order valence-electron chi connectivity index (χ0n) is 15.9. The molecular weight excluding hydrogens is 316 g/mol. The van der Waals surface area contributed by atoms with Crippen molar-refractivity contribution < 1.29 is 14.3 Å². The molecule has 0 spiro atoms. The summed E-state index contributed by atoms with van der Waals surface area (Å²) in [5.41, 5.74) is 5.88. The van der Waals surface area contributed by atoms with Crippen molar-refractivity contribution in [3.8, 4) is 0 Å². The van der Waals surface area contributed by atoms with Crippen molar-refractivity contribution in [1.82, 2.24) is 5.32 Å². The zero-order valence-corrected chi connectivity index (χ0v) is 15.9. The van der Waals surface area contributed by atoms with Crippen LogP contribution in [0.2, 0.25) is 0 Å². The standard InChI is InChI=1S/C20H36N2O3/c1-2-25-18(24)14-20(11-7-4-8-12-20)16-22-17(23)13-19(15-21)9-5-3-6-10-19/h2-16,21H2,1H3,(H,22,23). The molecule has 2 rings (SSSR count). The van der Waals surface area contributed by atoms with Gasteiger partial charge in [0.2, 0.25) is 5.91 Å². The Labute approximate surface area is 152 Å². The highest BCUT2D eigenvalue weighted by Crippen LogP contribution is 2.40. The zero-order chi connectivity index (χ0) is 18.2. The molecule has 0 radical (unpaired) electrons. The van der Waals surface area contributed by atoms with Gasteiger partial charge >= 0.3 is 5.97 Å². The molecule has 5 heteroatoms. The largest absolute Gasteiger partial charge is 0.466 e. The minimum atomic E-state index is -0.135. The van der Waals surface area contributed by atoms with Crippen LogP contribution in [0.5, 0.6) is 0 Å². The van der Waals surface area contributed by atoms with E-state index in [-0.39, 0.29) is 22.7 Å². The summed E-state index contributed by atoms with van der Waals surface area (Å²) < 4.78 is 5.16. The average Bonchev–Trinajstić information content (AvgIpc) is 2.62. The SMILES string of the molecule is CCOC(=O)CC1(CNC(=O)CC2(CN)CCCCC2)CCCCC1. The molecule has 0 bridgehead atoms. The number of amides is 1. The van der Waals surface area contributed by atoms with Crippen LogP contribution in [0.4, 0.5) is 0 Å². The predicted molar refractivity (Wildman–Crippen MR) is 99.0 cm³/mol. The minimum absolute atomic E-state index is 0.0107. The molecule has 1 amide bonds. The third-order valence-corrected chi connectivity index (χ3v) is 6.28. The highest BCUT2D eigenvalue weighted by Gasteiger charge is 2.37. The Morgan fingerprint density at radius 3 is 2.00 bits per heavy atom. The van der Waals surface area contributed by atoms with E-state index in [0.717, 1.165) is 38.5 Å². The van der Waals surface area contributed by atoms with Gasteiger partial charge in [-0.05, 0) is 50.0 Å². The van der Waals surface area contributed by atoms with Gasteiger partial charge in [-0.15, -0.1) is 0 Å². The van der Waals surface area contributed by atoms with E-state index in [1.807, 2.05) is 6.92 Å². The van der Waals surface area contributed by atoms with Crippen LogP contribution in [0.25, 0.3) is 0 Å². The van der Waals surface area contributed by atoms with E-state index in [4.69, 9.17) is 10.5 Å². The maximum absolute atomic E-state index is 12.6. The second-order valence-corrected chi connectivity index (χ2v) is 8.26. The van der Waals surface area contributed by atoms with E-state index >= 15 is 0 Å². The molecule has 2 fully saturated rings. The first-order valence-electron chi connectivity index (χ1n) is 10.2. The summed E-state index contributed by atoms with van der Waals surface area (Å²) in [7, 11) is 0. The maximum atomic E-state index is 12.6. The van der Waals surface area contributed by atoms with Crippen molar-refractivity contribution in [2.24, 2.45) is 16.6 Å². The number of rotatable bonds is 8. The van der Waals surface area contributed by atoms with Crippen molar-refractivity contribution in [2.45, 2.75) is 84.0 Å². The lowest BCUT2D eigenvalue weighted by Gasteiger charge is -2.38. The second kappa shape index (κ2) is 9.56. The van der Waals surface area contributed by atoms with E-state index in [9.17, 15) is 9.59 Å². The molecule has 3 N–H and O–H groups in total. The molecule has 2 aliphatic rings. The van der Waals surface area contributed by atoms with Crippen LogP contribution in [-0.2, 0) is 14.3 Å². The van der Waals surface area contributed by atoms with Crippen molar-refractivity contribution in [3.63, 3.8) is 0 Å². The lowest BCUT2D eigenvalue weighted by Crippen LogP contribution is -2.43. The number of carbonyl (C=O) groups is 2. The van der Waals surface area contributed by atoms with E-state index in [0.29, 0.717) is 32.5 Å². The molecule has 144 valence electrons. The molecule has 0 aromatic rings. The molecule has 0 atom stereocenters. The molecule has 0 aliphatic heterocycles. The van der Waals surface area contributed by atoms with E-state index in [1.54, 1.807) is 0 Å². The van der Waals surface area contributed by atoms with E-state index in [1.165, 1.54) is 25.7 Å². The fraction of sp³-hybridized carbons (Fsp3) is 0.900. The monoisotopic (exact) mass is 352 g/mol. The summed E-state index contributed by atoms with van der Waals surface area (Å²) in [5, 5.41) is 3.14. The molecule has 25 heavy (non-hydrogen) atoms. The average molecular weight is 353 g/mol. The molecular formula is C20H36N2O3. The van der Waals surface area contributed by atoms with Gasteiger partial charge in [0.05, 0.1) is 13.0 Å². The Morgan fingerprint density at radius 1 is 0.920 bits per heavy atom. The molecule has 5 nitrogen and oxygen atoms in total. The van der Waals surface area contributed by atoms with Gasteiger partial charge in [-0.1, -0.05) is 38.5 Å². The Kier molecular flexibility index (Phi) is 7.73. The number of ether oxygens (including phenoxy) is 1. The second-order valence-electron chi connectivity index (χ2n) is 8.26. The van der Waals surface area contributed by atoms with Gasteiger partial charge in [-0.25, -0.2) is 0 Å². The molecule has 0 aromatic carbocycles. The van der Waals surface area contributed by atoms with Gasteiger partial charge in [-0.2, -0.15) is 0 Å². The minimum Gasteiger partial charge on any atom is -0.466 e. The smallest absolute Gasteiger partial charge is 0.306 e. The van der Waals surface area contributed by atoms with Crippen molar-refractivity contribution >= 4 is 11.9 Å². The lowest BCUT2D eigenvalue weighted by molar-refractivity contribution is -0.147. The normalized spacial score (nSPS) is 22.2. The number of hydrogen-bond donors (Lipinski definition) is 2. The van der Waals surface area contributed by atoms with Crippen LogP contribution in [0.15, 0.2) is 0 Å².